The van der Waals surface area contributed by atoms with Crippen LogP contribution in [0.5, 0.6) is 6.01 Å². The summed E-state index contributed by atoms with van der Waals surface area (Å²) < 4.78 is 136. The molecule has 1 aromatic carbocycles. The van der Waals surface area contributed by atoms with Crippen molar-refractivity contribution < 1.29 is 44.3 Å². The number of pyridine rings is 1. The third-order valence-corrected chi connectivity index (χ3v) is 9.61. The maximum Gasteiger partial charge on any atom is 0.421 e. The van der Waals surface area contributed by atoms with Crippen LogP contribution >= 0.6 is 0 Å². The molecule has 0 spiro atoms. The zero-order valence-corrected chi connectivity index (χ0v) is 24.6. The monoisotopic (exact) mass is 673 g/mol. The second kappa shape index (κ2) is 11.1. The summed E-state index contributed by atoms with van der Waals surface area (Å²) in [5.41, 5.74) is -1.85. The summed E-state index contributed by atoms with van der Waals surface area (Å²) in [5, 5.41) is 2.86. The van der Waals surface area contributed by atoms with Gasteiger partial charge >= 0.3 is 12.2 Å². The predicted molar refractivity (Wildman–Crippen MR) is 152 cm³/mol. The first-order valence-electron chi connectivity index (χ1n) is 15.0. The average Bonchev–Trinajstić information content (AvgIpc) is 3.58. The van der Waals surface area contributed by atoms with Gasteiger partial charge in [0.05, 0.1) is 22.3 Å². The minimum absolute atomic E-state index is 0.0984. The normalized spacial score (nSPS) is 27.5. The van der Waals surface area contributed by atoms with Crippen LogP contribution in [0.2, 0.25) is 0 Å². The van der Waals surface area contributed by atoms with Crippen molar-refractivity contribution in [2.75, 3.05) is 43.4 Å². The molecule has 2 aromatic heterocycles. The molecule has 4 aliphatic heterocycles. The van der Waals surface area contributed by atoms with E-state index in [0.29, 0.717) is 31.9 Å². The number of nitrogen functional groups attached to an aromatic ring is 1. The largest absolute Gasteiger partial charge is 0.461 e. The first-order chi connectivity index (χ1) is 22.2. The number of nitrogens with two attached hydrogens (primary N) is 1. The molecule has 0 radical (unpaired) electrons. The lowest BCUT2D eigenvalue weighted by atomic mass is 9.95. The van der Waals surface area contributed by atoms with E-state index in [1.807, 2.05) is 4.90 Å². The number of nitrogens with one attached hydrogen (secondary N) is 1. The number of piperazine rings is 1. The molecule has 4 saturated heterocycles. The number of fused-ring (bicyclic) bond motifs is 4. The first-order valence-corrected chi connectivity index (χ1v) is 15.0. The van der Waals surface area contributed by atoms with Crippen molar-refractivity contribution in [2.24, 2.45) is 0 Å². The Kier molecular flexibility index (Phi) is 7.50. The van der Waals surface area contributed by atoms with E-state index >= 15 is 8.78 Å². The maximum atomic E-state index is 16.4. The van der Waals surface area contributed by atoms with Crippen LogP contribution < -0.4 is 20.7 Å². The highest BCUT2D eigenvalue weighted by atomic mass is 19.4. The van der Waals surface area contributed by atoms with Crippen LogP contribution in [0.25, 0.3) is 22.2 Å². The van der Waals surface area contributed by atoms with Gasteiger partial charge in [0.15, 0.2) is 5.82 Å². The Balaban J connectivity index is 1.39. The lowest BCUT2D eigenvalue weighted by Crippen LogP contribution is -2.59. The Labute approximate surface area is 261 Å². The molecular formula is C30H28F9N7O. The number of hydrogen-bond acceptors (Lipinski definition) is 8. The summed E-state index contributed by atoms with van der Waals surface area (Å²) in [6.07, 6.45) is -5.25. The van der Waals surface area contributed by atoms with E-state index in [1.165, 1.54) is 4.90 Å². The molecule has 3 aromatic rings. The molecule has 17 heteroatoms. The number of nitrogens with zero attached hydrogens (tertiary/aromatic N) is 5. The van der Waals surface area contributed by atoms with E-state index in [4.69, 9.17) is 10.5 Å². The smallest absolute Gasteiger partial charge is 0.421 e. The molecule has 47 heavy (non-hydrogen) atoms. The van der Waals surface area contributed by atoms with Gasteiger partial charge in [-0.3, -0.25) is 4.90 Å². The molecule has 3 N–H and O–H groups in total. The van der Waals surface area contributed by atoms with Crippen LogP contribution in [-0.2, 0) is 6.18 Å². The quantitative estimate of drug-likeness (QED) is 0.320. The van der Waals surface area contributed by atoms with Crippen LogP contribution in [0.1, 0.15) is 37.7 Å². The molecule has 252 valence electrons. The van der Waals surface area contributed by atoms with E-state index in [-0.39, 0.29) is 56.0 Å². The highest BCUT2D eigenvalue weighted by Gasteiger charge is 2.50. The number of ether oxygens (including phenoxy) is 1. The van der Waals surface area contributed by atoms with E-state index in [9.17, 15) is 30.7 Å². The number of rotatable bonds is 6. The Morgan fingerprint density at radius 2 is 1.87 bits per heavy atom. The lowest BCUT2D eigenvalue weighted by Gasteiger charge is -2.40. The summed E-state index contributed by atoms with van der Waals surface area (Å²) in [6.45, 7) is 0.830. The minimum atomic E-state index is -5.41. The number of hydrogen-bond donors (Lipinski definition) is 2. The fourth-order valence-corrected chi connectivity index (χ4v) is 7.76. The highest BCUT2D eigenvalue weighted by Crippen LogP contribution is 2.44. The number of alkyl halides is 4. The Hall–Kier alpha value is -3.86. The van der Waals surface area contributed by atoms with Gasteiger partial charge in [-0.2, -0.15) is 31.9 Å². The lowest BCUT2D eigenvalue weighted by molar-refractivity contribution is -0.139. The molecule has 0 saturated carbocycles. The molecule has 4 aliphatic rings. The molecular weight excluding hydrogens is 645 g/mol. The Bertz CT molecular complexity index is 1790. The summed E-state index contributed by atoms with van der Waals surface area (Å²) in [7, 11) is 0. The third kappa shape index (κ3) is 5.50. The van der Waals surface area contributed by atoms with Gasteiger partial charge < -0.3 is 20.7 Å². The molecule has 4 fully saturated rings. The van der Waals surface area contributed by atoms with E-state index in [0.717, 1.165) is 12.5 Å². The summed E-state index contributed by atoms with van der Waals surface area (Å²) in [6, 6.07) is 0.236. The second-order valence-electron chi connectivity index (χ2n) is 12.7. The number of anilines is 2. The van der Waals surface area contributed by atoms with Crippen molar-refractivity contribution in [3.8, 4) is 17.3 Å². The van der Waals surface area contributed by atoms with Gasteiger partial charge in [-0.05, 0) is 38.3 Å². The predicted octanol–water partition coefficient (Wildman–Crippen LogP) is 5.76. The topological polar surface area (TPSA) is 92.4 Å². The average molecular weight is 674 g/mol. The molecule has 8 nitrogen and oxygen atoms in total. The molecule has 1 unspecified atom stereocenters. The third-order valence-electron chi connectivity index (χ3n) is 9.61. The van der Waals surface area contributed by atoms with Gasteiger partial charge in [-0.25, -0.2) is 22.5 Å². The minimum Gasteiger partial charge on any atom is -0.461 e. The van der Waals surface area contributed by atoms with Gasteiger partial charge in [-0.15, -0.1) is 0 Å². The van der Waals surface area contributed by atoms with E-state index in [1.54, 1.807) is 0 Å². The molecule has 6 heterocycles. The standard InChI is InChI=1S/C30H28F9N7O/c31-14-8-29(3-1-5-46(29)10-14)13-47-27-42-24-16(26(43-27)45-11-15-2-4-28(12-45,44-15)9-19(34)35)6-17(32)21(23(24)36)25-22(30(37,38)39)18(33)7-20(40)41-25/h6-7,9,14-15,44H,1-5,8,10-13H2,(H2,40,41)/t14-,15+,28+,29?/m1/s1. The van der Waals surface area contributed by atoms with Gasteiger partial charge in [0.25, 0.3) is 6.08 Å². The highest BCUT2D eigenvalue weighted by molar-refractivity contribution is 5.94. The zero-order valence-electron chi connectivity index (χ0n) is 24.6. The van der Waals surface area contributed by atoms with Gasteiger partial charge in [0, 0.05) is 49.6 Å². The van der Waals surface area contributed by atoms with Crippen LogP contribution in [0.3, 0.4) is 0 Å². The zero-order chi connectivity index (χ0) is 33.5. The number of benzene rings is 1. The Morgan fingerprint density at radius 1 is 1.09 bits per heavy atom. The summed E-state index contributed by atoms with van der Waals surface area (Å²) in [4.78, 5) is 15.5. The van der Waals surface area contributed by atoms with Crippen molar-refractivity contribution in [3.05, 3.63) is 47.3 Å². The fourth-order valence-electron chi connectivity index (χ4n) is 7.76. The van der Waals surface area contributed by atoms with Crippen molar-refractivity contribution in [1.29, 1.82) is 0 Å². The van der Waals surface area contributed by atoms with Crippen molar-refractivity contribution >= 4 is 22.5 Å². The second-order valence-corrected chi connectivity index (χ2v) is 12.7. The van der Waals surface area contributed by atoms with Gasteiger partial charge in [0.1, 0.15) is 47.1 Å². The molecule has 2 bridgehead atoms. The fraction of sp³-hybridized carbons (Fsp3) is 0.500. The van der Waals surface area contributed by atoms with E-state index in [2.05, 4.69) is 20.3 Å². The van der Waals surface area contributed by atoms with Gasteiger partial charge in [-0.1, -0.05) is 0 Å². The SMILES string of the molecule is Nc1cc(F)c(C(F)(F)F)c(-c2c(F)cc3c(N4C[C@@H]5CC[C@](C=C(F)F)(C4)N5)nc(OCC45CCCN4C[C@H](F)C5)nc3c2F)n1. The van der Waals surface area contributed by atoms with Crippen LogP contribution in [0.15, 0.2) is 24.3 Å². The van der Waals surface area contributed by atoms with Crippen LogP contribution in [-0.4, -0.2) is 75.9 Å². The molecule has 4 atom stereocenters. The van der Waals surface area contributed by atoms with Crippen molar-refractivity contribution in [3.63, 3.8) is 0 Å². The number of halogens is 9. The van der Waals surface area contributed by atoms with Crippen LogP contribution in [0, 0.1) is 17.5 Å². The van der Waals surface area contributed by atoms with Crippen molar-refractivity contribution in [1.82, 2.24) is 25.2 Å². The van der Waals surface area contributed by atoms with Gasteiger partial charge in [0.2, 0.25) is 0 Å². The van der Waals surface area contributed by atoms with Crippen molar-refractivity contribution in [2.45, 2.75) is 61.6 Å². The van der Waals surface area contributed by atoms with E-state index < -0.39 is 81.1 Å². The van der Waals surface area contributed by atoms with Crippen LogP contribution in [0.4, 0.5) is 51.1 Å². The Morgan fingerprint density at radius 3 is 2.62 bits per heavy atom. The molecule has 0 amide bonds. The molecule has 7 rings (SSSR count). The summed E-state index contributed by atoms with van der Waals surface area (Å²) >= 11 is 0. The molecule has 0 aliphatic carbocycles. The first kappa shape index (κ1) is 31.7. The number of aromatic nitrogens is 3. The summed E-state index contributed by atoms with van der Waals surface area (Å²) in [5.74, 6) is -5.92. The maximum absolute atomic E-state index is 16.4.